The Labute approximate surface area is 99.7 Å². The second-order valence-electron chi connectivity index (χ2n) is 4.02. The summed E-state index contributed by atoms with van der Waals surface area (Å²) in [6.07, 6.45) is 0.871. The van der Waals surface area contributed by atoms with E-state index in [1.165, 1.54) is 0 Å². The van der Waals surface area contributed by atoms with Gasteiger partial charge in [0.1, 0.15) is 5.75 Å². The summed E-state index contributed by atoms with van der Waals surface area (Å²) in [7, 11) is 1.72. The van der Waals surface area contributed by atoms with Crippen molar-refractivity contribution in [1.82, 2.24) is 0 Å². The Morgan fingerprint density at radius 3 is 2.67 bits per heavy atom. The van der Waals surface area contributed by atoms with Crippen molar-refractivity contribution in [2.24, 2.45) is 0 Å². The summed E-state index contributed by atoms with van der Waals surface area (Å²) in [5.41, 5.74) is -0.119. The first-order chi connectivity index (χ1) is 7.03. The topological polar surface area (TPSA) is 18.5 Å². The van der Waals surface area contributed by atoms with Crippen molar-refractivity contribution in [3.63, 3.8) is 0 Å². The maximum atomic E-state index is 5.61. The normalized spacial score (nSPS) is 11.5. The third kappa shape index (κ3) is 4.67. The average Bonchev–Trinajstić information content (AvgIpc) is 2.18. The zero-order valence-corrected chi connectivity index (χ0v) is 11.0. The van der Waals surface area contributed by atoms with Gasteiger partial charge in [-0.05, 0) is 32.0 Å². The molecule has 0 aliphatic rings. The van der Waals surface area contributed by atoms with Crippen molar-refractivity contribution in [3.8, 4) is 5.75 Å². The quantitative estimate of drug-likeness (QED) is 0.815. The molecule has 0 amide bonds. The molecule has 0 aliphatic carbocycles. The van der Waals surface area contributed by atoms with Crippen LogP contribution >= 0.6 is 15.9 Å². The summed E-state index contributed by atoms with van der Waals surface area (Å²) in [5.74, 6) is 0.885. The highest BCUT2D eigenvalue weighted by molar-refractivity contribution is 9.10. The third-order valence-corrected chi connectivity index (χ3v) is 2.81. The van der Waals surface area contributed by atoms with E-state index in [9.17, 15) is 0 Å². The molecule has 0 fully saturated rings. The fourth-order valence-corrected chi connectivity index (χ4v) is 1.45. The third-order valence-electron chi connectivity index (χ3n) is 2.32. The predicted octanol–water partition coefficient (Wildman–Crippen LogP) is 3.64. The SMILES string of the molecule is COC(C)(C)CCOc1cccc(Br)c1. The molecule has 1 aromatic carbocycles. The fourth-order valence-electron chi connectivity index (χ4n) is 1.07. The molecule has 0 atom stereocenters. The Morgan fingerprint density at radius 2 is 2.07 bits per heavy atom. The van der Waals surface area contributed by atoms with Gasteiger partial charge in [0, 0.05) is 18.0 Å². The number of ether oxygens (including phenoxy) is 2. The van der Waals surface area contributed by atoms with E-state index in [2.05, 4.69) is 29.8 Å². The van der Waals surface area contributed by atoms with Gasteiger partial charge in [0.25, 0.3) is 0 Å². The molecule has 3 heteroatoms. The van der Waals surface area contributed by atoms with Crippen LogP contribution in [-0.4, -0.2) is 19.3 Å². The summed E-state index contributed by atoms with van der Waals surface area (Å²) in [6.45, 7) is 4.77. The highest BCUT2D eigenvalue weighted by Crippen LogP contribution is 2.19. The zero-order chi connectivity index (χ0) is 11.3. The van der Waals surface area contributed by atoms with Crippen LogP contribution < -0.4 is 4.74 Å². The lowest BCUT2D eigenvalue weighted by Gasteiger charge is -2.22. The van der Waals surface area contributed by atoms with Gasteiger partial charge >= 0.3 is 0 Å². The van der Waals surface area contributed by atoms with Crippen molar-refractivity contribution in [2.75, 3.05) is 13.7 Å². The van der Waals surface area contributed by atoms with E-state index in [4.69, 9.17) is 9.47 Å². The van der Waals surface area contributed by atoms with Crippen molar-refractivity contribution in [1.29, 1.82) is 0 Å². The van der Waals surface area contributed by atoms with Crippen molar-refractivity contribution < 1.29 is 9.47 Å². The van der Waals surface area contributed by atoms with Crippen molar-refractivity contribution in [2.45, 2.75) is 25.9 Å². The van der Waals surface area contributed by atoms with E-state index in [1.54, 1.807) is 7.11 Å². The molecule has 84 valence electrons. The molecular formula is C12H17BrO2. The Hall–Kier alpha value is -0.540. The summed E-state index contributed by atoms with van der Waals surface area (Å²) in [5, 5.41) is 0. The molecule has 0 aromatic heterocycles. The van der Waals surface area contributed by atoms with Crippen LogP contribution in [0.1, 0.15) is 20.3 Å². The van der Waals surface area contributed by atoms with Gasteiger partial charge in [0.2, 0.25) is 0 Å². The molecule has 2 nitrogen and oxygen atoms in total. The zero-order valence-electron chi connectivity index (χ0n) is 9.42. The van der Waals surface area contributed by atoms with Crippen LogP contribution in [0.15, 0.2) is 28.7 Å². The van der Waals surface area contributed by atoms with Gasteiger partial charge in [-0.15, -0.1) is 0 Å². The molecular weight excluding hydrogens is 256 g/mol. The highest BCUT2D eigenvalue weighted by atomic mass is 79.9. The average molecular weight is 273 g/mol. The minimum Gasteiger partial charge on any atom is -0.493 e. The second-order valence-corrected chi connectivity index (χ2v) is 4.94. The van der Waals surface area contributed by atoms with Gasteiger partial charge in [0.05, 0.1) is 12.2 Å². The summed E-state index contributed by atoms with van der Waals surface area (Å²) < 4.78 is 12.0. The van der Waals surface area contributed by atoms with E-state index < -0.39 is 0 Å². The van der Waals surface area contributed by atoms with Gasteiger partial charge in [-0.1, -0.05) is 22.0 Å². The van der Waals surface area contributed by atoms with Crippen molar-refractivity contribution in [3.05, 3.63) is 28.7 Å². The lowest BCUT2D eigenvalue weighted by Crippen LogP contribution is -2.25. The van der Waals surface area contributed by atoms with Gasteiger partial charge < -0.3 is 9.47 Å². The van der Waals surface area contributed by atoms with Crippen molar-refractivity contribution >= 4 is 15.9 Å². The minimum atomic E-state index is -0.119. The van der Waals surface area contributed by atoms with Crippen LogP contribution in [0.25, 0.3) is 0 Å². The first-order valence-electron chi connectivity index (χ1n) is 4.97. The molecule has 1 rings (SSSR count). The van der Waals surface area contributed by atoms with Gasteiger partial charge in [0.15, 0.2) is 0 Å². The molecule has 0 aliphatic heterocycles. The summed E-state index contributed by atoms with van der Waals surface area (Å²) in [4.78, 5) is 0. The Balaban J connectivity index is 2.38. The number of hydrogen-bond donors (Lipinski definition) is 0. The van der Waals surface area contributed by atoms with E-state index in [0.717, 1.165) is 16.6 Å². The first-order valence-corrected chi connectivity index (χ1v) is 5.76. The minimum absolute atomic E-state index is 0.119. The molecule has 15 heavy (non-hydrogen) atoms. The van der Waals surface area contributed by atoms with Crippen LogP contribution in [0.4, 0.5) is 0 Å². The van der Waals surface area contributed by atoms with Crippen LogP contribution in [-0.2, 0) is 4.74 Å². The van der Waals surface area contributed by atoms with Crippen LogP contribution in [0.5, 0.6) is 5.75 Å². The van der Waals surface area contributed by atoms with Gasteiger partial charge in [-0.2, -0.15) is 0 Å². The Bertz CT molecular complexity index is 310. The molecule has 0 spiro atoms. The van der Waals surface area contributed by atoms with E-state index in [-0.39, 0.29) is 5.60 Å². The summed E-state index contributed by atoms with van der Waals surface area (Å²) >= 11 is 3.40. The van der Waals surface area contributed by atoms with E-state index in [1.807, 2.05) is 24.3 Å². The lowest BCUT2D eigenvalue weighted by atomic mass is 10.1. The molecule has 0 unspecified atom stereocenters. The molecule has 1 aromatic rings. The maximum absolute atomic E-state index is 5.61. The van der Waals surface area contributed by atoms with Gasteiger partial charge in [-0.3, -0.25) is 0 Å². The number of benzene rings is 1. The highest BCUT2D eigenvalue weighted by Gasteiger charge is 2.15. The number of halogens is 1. The van der Waals surface area contributed by atoms with Crippen LogP contribution in [0.3, 0.4) is 0 Å². The molecule has 0 saturated heterocycles. The number of methoxy groups -OCH3 is 1. The summed E-state index contributed by atoms with van der Waals surface area (Å²) in [6, 6.07) is 7.84. The largest absolute Gasteiger partial charge is 0.493 e. The Morgan fingerprint density at radius 1 is 1.33 bits per heavy atom. The van der Waals surface area contributed by atoms with E-state index in [0.29, 0.717) is 6.61 Å². The van der Waals surface area contributed by atoms with E-state index >= 15 is 0 Å². The fraction of sp³-hybridized carbons (Fsp3) is 0.500. The standard InChI is InChI=1S/C12H17BrO2/c1-12(2,14-3)7-8-15-11-6-4-5-10(13)9-11/h4-6,9H,7-8H2,1-3H3. The smallest absolute Gasteiger partial charge is 0.120 e. The lowest BCUT2D eigenvalue weighted by molar-refractivity contribution is 0.00545. The Kier molecular flexibility index (Phi) is 4.61. The number of hydrogen-bond acceptors (Lipinski definition) is 2. The molecule has 0 bridgehead atoms. The molecule has 0 heterocycles. The molecule has 0 saturated carbocycles. The second kappa shape index (κ2) is 5.52. The van der Waals surface area contributed by atoms with Gasteiger partial charge in [-0.25, -0.2) is 0 Å². The monoisotopic (exact) mass is 272 g/mol. The first kappa shape index (κ1) is 12.5. The van der Waals surface area contributed by atoms with Crippen LogP contribution in [0.2, 0.25) is 0 Å². The number of rotatable bonds is 5. The maximum Gasteiger partial charge on any atom is 0.120 e. The van der Waals surface area contributed by atoms with Crippen LogP contribution in [0, 0.1) is 0 Å². The predicted molar refractivity (Wildman–Crippen MR) is 65.3 cm³/mol. The molecule has 0 N–H and O–H groups in total. The molecule has 0 radical (unpaired) electrons.